The van der Waals surface area contributed by atoms with Gasteiger partial charge in [-0.05, 0) is 23.5 Å². The zero-order valence-electron chi connectivity index (χ0n) is 10.7. The van der Waals surface area contributed by atoms with Crippen LogP contribution in [0.4, 0.5) is 0 Å². The Bertz CT molecular complexity index is 341. The van der Waals surface area contributed by atoms with Crippen LogP contribution in [-0.2, 0) is 0 Å². The predicted octanol–water partition coefficient (Wildman–Crippen LogP) is 2.44. The van der Waals surface area contributed by atoms with Crippen LogP contribution in [0.5, 0.6) is 0 Å². The topological polar surface area (TPSA) is 46.2 Å². The lowest BCUT2D eigenvalue weighted by Gasteiger charge is -2.33. The molecule has 0 saturated carbocycles. The maximum absolute atomic E-state index is 10.3. The van der Waals surface area contributed by atoms with E-state index in [4.69, 9.17) is 5.73 Å². The molecule has 1 aromatic rings. The zero-order valence-corrected chi connectivity index (χ0v) is 10.7. The van der Waals surface area contributed by atoms with E-state index in [9.17, 15) is 5.11 Å². The predicted molar refractivity (Wildman–Crippen MR) is 68.4 cm³/mol. The van der Waals surface area contributed by atoms with E-state index in [0.29, 0.717) is 6.54 Å². The Morgan fingerprint density at radius 3 is 2.25 bits per heavy atom. The lowest BCUT2D eigenvalue weighted by Crippen LogP contribution is -2.36. The molecule has 3 N–H and O–H groups in total. The smallest absolute Gasteiger partial charge is 0.0669 e. The van der Waals surface area contributed by atoms with E-state index in [1.807, 2.05) is 32.9 Å². The van der Waals surface area contributed by atoms with E-state index in [-0.39, 0.29) is 11.3 Å². The highest BCUT2D eigenvalue weighted by molar-refractivity contribution is 5.30. The molecular formula is C14H23NO. The molecule has 2 unspecified atom stereocenters. The third-order valence-corrected chi connectivity index (χ3v) is 3.11. The molecule has 0 spiro atoms. The molecule has 1 aromatic carbocycles. The van der Waals surface area contributed by atoms with Crippen LogP contribution in [0.1, 0.15) is 37.8 Å². The van der Waals surface area contributed by atoms with Crippen molar-refractivity contribution < 1.29 is 5.11 Å². The number of hydrogen-bond acceptors (Lipinski definition) is 2. The van der Waals surface area contributed by atoms with E-state index < -0.39 is 6.10 Å². The van der Waals surface area contributed by atoms with Crippen molar-refractivity contribution in [2.45, 2.75) is 39.7 Å². The summed E-state index contributed by atoms with van der Waals surface area (Å²) >= 11 is 0. The number of aliphatic hydroxyl groups is 1. The normalized spacial score (nSPS) is 15.9. The van der Waals surface area contributed by atoms with Gasteiger partial charge in [-0.15, -0.1) is 0 Å². The lowest BCUT2D eigenvalue weighted by atomic mass is 9.77. The molecule has 0 aliphatic carbocycles. The van der Waals surface area contributed by atoms with E-state index >= 15 is 0 Å². The van der Waals surface area contributed by atoms with E-state index in [2.05, 4.69) is 19.1 Å². The number of benzene rings is 1. The molecule has 0 aliphatic heterocycles. The van der Waals surface area contributed by atoms with Crippen molar-refractivity contribution in [2.24, 2.45) is 11.1 Å². The van der Waals surface area contributed by atoms with Gasteiger partial charge in [0.25, 0.3) is 0 Å². The van der Waals surface area contributed by atoms with Gasteiger partial charge in [0.05, 0.1) is 6.10 Å². The summed E-state index contributed by atoms with van der Waals surface area (Å²) in [6.07, 6.45) is -0.418. The molecule has 0 saturated heterocycles. The molecule has 0 bridgehead atoms. The number of rotatable bonds is 3. The van der Waals surface area contributed by atoms with Crippen molar-refractivity contribution >= 4 is 0 Å². The molecule has 0 amide bonds. The van der Waals surface area contributed by atoms with Crippen LogP contribution < -0.4 is 5.73 Å². The minimum absolute atomic E-state index is 0.0150. The third-order valence-electron chi connectivity index (χ3n) is 3.11. The fourth-order valence-corrected chi connectivity index (χ4v) is 2.03. The molecule has 0 heterocycles. The van der Waals surface area contributed by atoms with Gasteiger partial charge in [0.15, 0.2) is 0 Å². The first-order valence-electron chi connectivity index (χ1n) is 5.81. The fourth-order valence-electron chi connectivity index (χ4n) is 2.03. The first-order valence-corrected chi connectivity index (χ1v) is 5.81. The fraction of sp³-hybridized carbons (Fsp3) is 0.571. The van der Waals surface area contributed by atoms with Crippen LogP contribution in [0.15, 0.2) is 24.3 Å². The summed E-state index contributed by atoms with van der Waals surface area (Å²) in [5.41, 5.74) is 8.02. The van der Waals surface area contributed by atoms with Crippen molar-refractivity contribution in [3.05, 3.63) is 35.4 Å². The van der Waals surface area contributed by atoms with Crippen LogP contribution >= 0.6 is 0 Å². The van der Waals surface area contributed by atoms with Crippen molar-refractivity contribution in [2.75, 3.05) is 6.54 Å². The Balaban J connectivity index is 3.04. The van der Waals surface area contributed by atoms with Gasteiger partial charge >= 0.3 is 0 Å². The largest absolute Gasteiger partial charge is 0.392 e. The molecular weight excluding hydrogens is 198 g/mol. The molecule has 16 heavy (non-hydrogen) atoms. The average Bonchev–Trinajstić information content (AvgIpc) is 2.20. The summed E-state index contributed by atoms with van der Waals surface area (Å²) in [5, 5.41) is 10.3. The van der Waals surface area contributed by atoms with Crippen LogP contribution in [0.3, 0.4) is 0 Å². The monoisotopic (exact) mass is 221 g/mol. The summed E-state index contributed by atoms with van der Waals surface area (Å²) in [6, 6.07) is 8.13. The molecule has 0 aromatic heterocycles. The summed E-state index contributed by atoms with van der Waals surface area (Å²) in [5.74, 6) is 0.0150. The maximum Gasteiger partial charge on any atom is 0.0669 e. The van der Waals surface area contributed by atoms with Gasteiger partial charge in [0, 0.05) is 12.5 Å². The lowest BCUT2D eigenvalue weighted by molar-refractivity contribution is 0.0406. The highest BCUT2D eigenvalue weighted by atomic mass is 16.3. The number of aryl methyl sites for hydroxylation is 1. The second-order valence-corrected chi connectivity index (χ2v) is 5.51. The Hall–Kier alpha value is -0.860. The quantitative estimate of drug-likeness (QED) is 0.823. The minimum atomic E-state index is -0.418. The molecule has 1 rings (SSSR count). The molecule has 2 nitrogen and oxygen atoms in total. The summed E-state index contributed by atoms with van der Waals surface area (Å²) in [6.45, 7) is 8.66. The van der Waals surface area contributed by atoms with Crippen LogP contribution in [0.25, 0.3) is 0 Å². The molecule has 0 fully saturated rings. The van der Waals surface area contributed by atoms with E-state index in [1.165, 1.54) is 5.56 Å². The molecule has 90 valence electrons. The number of nitrogens with two attached hydrogens (primary N) is 1. The van der Waals surface area contributed by atoms with Crippen LogP contribution in [-0.4, -0.2) is 17.8 Å². The van der Waals surface area contributed by atoms with Crippen molar-refractivity contribution in [1.29, 1.82) is 0 Å². The maximum atomic E-state index is 10.3. The van der Waals surface area contributed by atoms with Gasteiger partial charge < -0.3 is 10.8 Å². The highest BCUT2D eigenvalue weighted by Gasteiger charge is 2.31. The van der Waals surface area contributed by atoms with Gasteiger partial charge in [-0.1, -0.05) is 45.0 Å². The Kier molecular flexibility index (Phi) is 4.11. The third kappa shape index (κ3) is 2.83. The Labute approximate surface area is 98.5 Å². The van der Waals surface area contributed by atoms with Gasteiger partial charge in [-0.3, -0.25) is 0 Å². The summed E-state index contributed by atoms with van der Waals surface area (Å²) in [7, 11) is 0. The molecule has 2 atom stereocenters. The number of aliphatic hydroxyl groups excluding tert-OH is 1. The second-order valence-electron chi connectivity index (χ2n) is 5.51. The molecule has 2 heteroatoms. The Morgan fingerprint density at radius 1 is 1.25 bits per heavy atom. The number of hydrogen-bond donors (Lipinski definition) is 2. The van der Waals surface area contributed by atoms with Crippen LogP contribution in [0, 0.1) is 12.3 Å². The van der Waals surface area contributed by atoms with Crippen molar-refractivity contribution in [3.63, 3.8) is 0 Å². The average molecular weight is 221 g/mol. The van der Waals surface area contributed by atoms with Crippen LogP contribution in [0.2, 0.25) is 0 Å². The van der Waals surface area contributed by atoms with Crippen molar-refractivity contribution in [3.8, 4) is 0 Å². The second kappa shape index (κ2) is 4.98. The van der Waals surface area contributed by atoms with Gasteiger partial charge in [-0.25, -0.2) is 0 Å². The Morgan fingerprint density at radius 2 is 1.81 bits per heavy atom. The summed E-state index contributed by atoms with van der Waals surface area (Å²) < 4.78 is 0. The first-order chi connectivity index (χ1) is 7.38. The molecule has 0 radical (unpaired) electrons. The standard InChI is InChI=1S/C14H23NO/c1-10-7-5-6-8-11(10)12(9-15)13(16)14(2,3)4/h5-8,12-13,16H,9,15H2,1-4H3. The van der Waals surface area contributed by atoms with Gasteiger partial charge in [0.2, 0.25) is 0 Å². The first kappa shape index (κ1) is 13.2. The van der Waals surface area contributed by atoms with E-state index in [1.54, 1.807) is 0 Å². The minimum Gasteiger partial charge on any atom is -0.392 e. The zero-order chi connectivity index (χ0) is 12.3. The van der Waals surface area contributed by atoms with E-state index in [0.717, 1.165) is 5.56 Å². The SMILES string of the molecule is Cc1ccccc1C(CN)C(O)C(C)(C)C. The van der Waals surface area contributed by atoms with Gasteiger partial charge in [-0.2, -0.15) is 0 Å². The van der Waals surface area contributed by atoms with Crippen molar-refractivity contribution in [1.82, 2.24) is 0 Å². The van der Waals surface area contributed by atoms with Gasteiger partial charge in [0.1, 0.15) is 0 Å². The highest BCUT2D eigenvalue weighted by Crippen LogP contribution is 2.32. The summed E-state index contributed by atoms with van der Waals surface area (Å²) in [4.78, 5) is 0. The molecule has 0 aliphatic rings.